The van der Waals surface area contributed by atoms with Gasteiger partial charge in [-0.2, -0.15) is 13.2 Å². The number of hydrogen-bond donors (Lipinski definition) is 4. The number of alkyl halides is 3. The largest absolute Gasteiger partial charge is 0.417 e. The Morgan fingerprint density at radius 1 is 1.12 bits per heavy atom. The topological polar surface area (TPSA) is 130 Å². The van der Waals surface area contributed by atoms with Crippen molar-refractivity contribution in [1.29, 1.82) is 0 Å². The fourth-order valence-corrected chi connectivity index (χ4v) is 4.42. The van der Waals surface area contributed by atoms with Gasteiger partial charge in [0.25, 0.3) is 5.91 Å². The predicted octanol–water partition coefficient (Wildman–Crippen LogP) is 3.61. The Kier molecular flexibility index (Phi) is 8.95. The lowest BCUT2D eigenvalue weighted by atomic mass is 9.99. The first kappa shape index (κ1) is 29.2. The van der Waals surface area contributed by atoms with E-state index in [1.54, 1.807) is 21.8 Å². The Balaban J connectivity index is 1.30. The van der Waals surface area contributed by atoms with Gasteiger partial charge in [-0.25, -0.2) is 4.98 Å². The van der Waals surface area contributed by atoms with Gasteiger partial charge in [0.05, 0.1) is 17.7 Å². The van der Waals surface area contributed by atoms with Crippen LogP contribution in [0.15, 0.2) is 72.5 Å². The van der Waals surface area contributed by atoms with Crippen molar-refractivity contribution >= 4 is 17.8 Å². The quantitative estimate of drug-likeness (QED) is 0.275. The van der Waals surface area contributed by atoms with Crippen molar-refractivity contribution in [3.8, 4) is 11.1 Å². The number of amides is 2. The number of benzene rings is 1. The van der Waals surface area contributed by atoms with E-state index >= 15 is 0 Å². The first-order chi connectivity index (χ1) is 19.5. The fourth-order valence-electron chi connectivity index (χ4n) is 4.42. The highest BCUT2D eigenvalue weighted by Gasteiger charge is 2.33. The van der Waals surface area contributed by atoms with E-state index in [1.165, 1.54) is 43.6 Å². The van der Waals surface area contributed by atoms with Crippen LogP contribution in [0.1, 0.15) is 41.0 Å². The molecule has 1 aliphatic heterocycles. The number of nitrogens with two attached hydrogens (primary N) is 1. The summed E-state index contributed by atoms with van der Waals surface area (Å²) in [5.74, 6) is 0.0989. The Bertz CT molecular complexity index is 1480. The van der Waals surface area contributed by atoms with Crippen LogP contribution >= 0.6 is 0 Å². The molecule has 0 saturated heterocycles. The van der Waals surface area contributed by atoms with Gasteiger partial charge in [-0.15, -0.1) is 0 Å². The van der Waals surface area contributed by atoms with Crippen molar-refractivity contribution < 1.29 is 22.8 Å². The van der Waals surface area contributed by atoms with Gasteiger partial charge in [-0.1, -0.05) is 18.2 Å². The van der Waals surface area contributed by atoms with Crippen molar-refractivity contribution in [3.05, 3.63) is 89.4 Å². The molecule has 0 saturated carbocycles. The van der Waals surface area contributed by atoms with Crippen LogP contribution in [0, 0.1) is 0 Å². The molecule has 2 amide bonds. The van der Waals surface area contributed by atoms with Gasteiger partial charge in [0.1, 0.15) is 11.5 Å². The van der Waals surface area contributed by atoms with E-state index in [0.29, 0.717) is 23.6 Å². The minimum atomic E-state index is -4.50. The molecule has 41 heavy (non-hydrogen) atoms. The number of carbonyl (C=O) groups excluding carboxylic acids is 2. The van der Waals surface area contributed by atoms with Crippen molar-refractivity contribution in [1.82, 2.24) is 35.6 Å². The van der Waals surface area contributed by atoms with Crippen LogP contribution in [0.3, 0.4) is 0 Å². The molecule has 4 rings (SSSR count). The smallest absolute Gasteiger partial charge is 0.369 e. The number of anilines is 1. The maximum atomic E-state index is 13.5. The fraction of sp³-hybridized carbons (Fsp3) is 0.286. The van der Waals surface area contributed by atoms with Gasteiger partial charge in [0, 0.05) is 38.7 Å². The molecule has 0 bridgehead atoms. The van der Waals surface area contributed by atoms with Gasteiger partial charge in [-0.3, -0.25) is 25.0 Å². The van der Waals surface area contributed by atoms with Crippen molar-refractivity contribution in [2.24, 2.45) is 0 Å². The standard InChI is InChI=1S/C28H31F3N8O2/c1-33-26(41)23-17-39(27(32)35-23)14-6-5-7-20-10-11-24(37-38(20)2)36-25(40)16-19-15-18(12-13-34-19)21-8-3-4-9-22(21)28(29,30)31/h3-4,8-13,15,17,37H,5-7,14,16H2,1-2H3,(H2,32,35)(H,33,41)(H,36,40). The van der Waals surface area contributed by atoms with Crippen LogP contribution in [0.25, 0.3) is 11.1 Å². The number of carbonyl (C=O) groups is 2. The van der Waals surface area contributed by atoms with Crippen molar-refractivity contribution in [2.45, 2.75) is 38.4 Å². The van der Waals surface area contributed by atoms with Gasteiger partial charge < -0.3 is 20.9 Å². The molecule has 2 aromatic heterocycles. The number of aryl methyl sites for hydroxylation is 1. The van der Waals surface area contributed by atoms with Gasteiger partial charge in [0.2, 0.25) is 11.9 Å². The van der Waals surface area contributed by atoms with E-state index in [1.807, 2.05) is 13.1 Å². The molecular formula is C28H31F3N8O2. The van der Waals surface area contributed by atoms with Crippen LogP contribution in [0.5, 0.6) is 0 Å². The summed E-state index contributed by atoms with van der Waals surface area (Å²) < 4.78 is 42.1. The highest BCUT2D eigenvalue weighted by atomic mass is 19.4. The first-order valence-electron chi connectivity index (χ1n) is 12.9. The number of hydrogen-bond acceptors (Lipinski definition) is 7. The maximum Gasteiger partial charge on any atom is 0.417 e. The van der Waals surface area contributed by atoms with E-state index in [0.717, 1.165) is 31.0 Å². The van der Waals surface area contributed by atoms with Crippen LogP contribution < -0.4 is 21.8 Å². The third kappa shape index (κ3) is 7.44. The van der Waals surface area contributed by atoms with E-state index in [-0.39, 0.29) is 35.4 Å². The molecule has 0 aliphatic carbocycles. The number of halogens is 3. The number of rotatable bonds is 10. The second kappa shape index (κ2) is 12.6. The second-order valence-electron chi connectivity index (χ2n) is 9.43. The average Bonchev–Trinajstić information content (AvgIpc) is 3.31. The first-order valence-corrected chi connectivity index (χ1v) is 12.9. The summed E-state index contributed by atoms with van der Waals surface area (Å²) in [6.07, 6.45) is 4.48. The minimum absolute atomic E-state index is 0.0298. The lowest BCUT2D eigenvalue weighted by Crippen LogP contribution is -2.42. The molecule has 0 spiro atoms. The number of imidazole rings is 1. The number of nitrogens with zero attached hydrogens (tertiary/aromatic N) is 4. The van der Waals surface area contributed by atoms with E-state index < -0.39 is 11.7 Å². The normalized spacial score (nSPS) is 13.2. The molecule has 0 unspecified atom stereocenters. The second-order valence-corrected chi connectivity index (χ2v) is 9.43. The van der Waals surface area contributed by atoms with Gasteiger partial charge in [0.15, 0.2) is 0 Å². The summed E-state index contributed by atoms with van der Waals surface area (Å²) >= 11 is 0. The molecule has 3 aromatic rings. The van der Waals surface area contributed by atoms with Crippen LogP contribution in [0.4, 0.5) is 19.1 Å². The van der Waals surface area contributed by atoms with Crippen LogP contribution in [0.2, 0.25) is 0 Å². The zero-order chi connectivity index (χ0) is 29.6. The number of pyridine rings is 1. The van der Waals surface area contributed by atoms with E-state index in [9.17, 15) is 22.8 Å². The molecule has 216 valence electrons. The van der Waals surface area contributed by atoms with Crippen molar-refractivity contribution in [3.63, 3.8) is 0 Å². The number of allylic oxidation sites excluding steroid dienone is 3. The van der Waals surface area contributed by atoms with Crippen LogP contribution in [-0.4, -0.2) is 45.5 Å². The van der Waals surface area contributed by atoms with Gasteiger partial charge >= 0.3 is 6.18 Å². The predicted molar refractivity (Wildman–Crippen MR) is 147 cm³/mol. The average molecular weight is 569 g/mol. The number of hydrazine groups is 1. The molecule has 1 aliphatic rings. The number of nitrogen functional groups attached to an aromatic ring is 1. The third-order valence-corrected chi connectivity index (χ3v) is 6.49. The Labute approximate surface area is 235 Å². The third-order valence-electron chi connectivity index (χ3n) is 6.49. The van der Waals surface area contributed by atoms with Crippen LogP contribution in [-0.2, 0) is 23.9 Å². The Morgan fingerprint density at radius 2 is 1.90 bits per heavy atom. The highest BCUT2D eigenvalue weighted by Crippen LogP contribution is 2.36. The number of nitrogens with one attached hydrogen (secondary N) is 3. The number of aromatic nitrogens is 3. The summed E-state index contributed by atoms with van der Waals surface area (Å²) in [5, 5.41) is 7.10. The Hall–Kier alpha value is -4.81. The molecular weight excluding hydrogens is 537 g/mol. The van der Waals surface area contributed by atoms with Gasteiger partial charge in [-0.05, 0) is 60.7 Å². The molecule has 13 heteroatoms. The highest BCUT2D eigenvalue weighted by molar-refractivity contribution is 5.92. The lowest BCUT2D eigenvalue weighted by Gasteiger charge is -2.29. The summed E-state index contributed by atoms with van der Waals surface area (Å²) in [6, 6.07) is 8.29. The van der Waals surface area contributed by atoms with E-state index in [4.69, 9.17) is 5.73 Å². The summed E-state index contributed by atoms with van der Waals surface area (Å²) in [4.78, 5) is 32.6. The molecule has 0 radical (unpaired) electrons. The minimum Gasteiger partial charge on any atom is -0.369 e. The summed E-state index contributed by atoms with van der Waals surface area (Å²) in [6.45, 7) is 0.619. The molecule has 10 nitrogen and oxygen atoms in total. The summed E-state index contributed by atoms with van der Waals surface area (Å²) in [7, 11) is 3.36. The SMILES string of the molecule is CNC(=O)c1cn(CCCCC2=CC=C(NC(=O)Cc3cc(-c4ccccc4C(F)(F)F)ccn3)NN2C)c(N)n1. The lowest BCUT2D eigenvalue weighted by molar-refractivity contribution is -0.137. The molecule has 3 heterocycles. The molecule has 1 aromatic carbocycles. The molecule has 0 atom stereocenters. The summed E-state index contributed by atoms with van der Waals surface area (Å²) in [5.41, 5.74) is 10.2. The van der Waals surface area contributed by atoms with E-state index in [2.05, 4.69) is 26.0 Å². The zero-order valence-corrected chi connectivity index (χ0v) is 22.6. The molecule has 5 N–H and O–H groups in total. The van der Waals surface area contributed by atoms with Crippen molar-refractivity contribution in [2.75, 3.05) is 19.8 Å². The molecule has 0 fully saturated rings. The maximum absolute atomic E-state index is 13.5. The Morgan fingerprint density at radius 3 is 2.63 bits per heavy atom. The number of unbranched alkanes of at least 4 members (excludes halogenated alkanes) is 1. The monoisotopic (exact) mass is 568 g/mol. The zero-order valence-electron chi connectivity index (χ0n) is 22.6.